The maximum atomic E-state index is 14.1. The average Bonchev–Trinajstić information content (AvgIpc) is 2.50. The molecular formula is C18H21F5N2O3. The summed E-state index contributed by atoms with van der Waals surface area (Å²) >= 11 is 0. The monoisotopic (exact) mass is 408 g/mol. The number of halogens is 5. The van der Waals surface area contributed by atoms with E-state index in [1.54, 1.807) is 20.8 Å². The predicted molar refractivity (Wildman–Crippen MR) is 89.5 cm³/mol. The average molecular weight is 408 g/mol. The molecule has 156 valence electrons. The number of nitrogens with one attached hydrogen (secondary N) is 1. The number of benzene rings is 1. The lowest BCUT2D eigenvalue weighted by Crippen LogP contribution is -2.56. The van der Waals surface area contributed by atoms with Crippen molar-refractivity contribution in [3.05, 3.63) is 35.4 Å². The second-order valence-electron chi connectivity index (χ2n) is 7.61. The Kier molecular flexibility index (Phi) is 6.20. The molecule has 0 aliphatic carbocycles. The lowest BCUT2D eigenvalue weighted by molar-refractivity contribution is -0.165. The first-order valence-electron chi connectivity index (χ1n) is 8.56. The normalized spacial score (nSPS) is 20.9. The standard InChI is InChI=1S/C18H21F5N2O3/c1-17(2,3)28-16(27)24-13-7-10(11-5-4-6-12(19)14(11)20)8-25(15(13)26)9-18(21,22)23/h4-6,10,13H,7-9H2,1-3H3,(H,24,27)/t10?,13-/m1/s1. The zero-order valence-corrected chi connectivity index (χ0v) is 15.6. The van der Waals surface area contributed by atoms with Crippen LogP contribution in [0.3, 0.4) is 0 Å². The van der Waals surface area contributed by atoms with Crippen molar-refractivity contribution in [3.63, 3.8) is 0 Å². The van der Waals surface area contributed by atoms with Crippen LogP contribution in [0.4, 0.5) is 26.7 Å². The van der Waals surface area contributed by atoms with E-state index >= 15 is 0 Å². The van der Waals surface area contributed by atoms with Crippen LogP contribution in [0.1, 0.15) is 38.7 Å². The maximum absolute atomic E-state index is 14.1. The second kappa shape index (κ2) is 7.92. The molecule has 1 saturated heterocycles. The number of ether oxygens (including phenoxy) is 1. The highest BCUT2D eigenvalue weighted by atomic mass is 19.4. The summed E-state index contributed by atoms with van der Waals surface area (Å²) in [5.41, 5.74) is -1.04. The van der Waals surface area contributed by atoms with Crippen molar-refractivity contribution in [1.82, 2.24) is 10.2 Å². The van der Waals surface area contributed by atoms with Gasteiger partial charge in [-0.2, -0.15) is 13.2 Å². The summed E-state index contributed by atoms with van der Waals surface area (Å²) in [6, 6.07) is 2.00. The molecule has 2 atom stereocenters. The minimum atomic E-state index is -4.69. The van der Waals surface area contributed by atoms with Gasteiger partial charge in [0.25, 0.3) is 0 Å². The van der Waals surface area contributed by atoms with Crippen LogP contribution in [0.5, 0.6) is 0 Å². The van der Waals surface area contributed by atoms with Crippen molar-refractivity contribution < 1.29 is 36.3 Å². The van der Waals surface area contributed by atoms with Gasteiger partial charge in [0.2, 0.25) is 5.91 Å². The largest absolute Gasteiger partial charge is 0.444 e. The Labute approximate surface area is 158 Å². The van der Waals surface area contributed by atoms with E-state index in [0.29, 0.717) is 4.90 Å². The van der Waals surface area contributed by atoms with Crippen molar-refractivity contribution in [1.29, 1.82) is 0 Å². The Hall–Kier alpha value is -2.39. The summed E-state index contributed by atoms with van der Waals surface area (Å²) in [7, 11) is 0. The summed E-state index contributed by atoms with van der Waals surface area (Å²) in [5.74, 6) is -4.23. The van der Waals surface area contributed by atoms with Gasteiger partial charge in [0.05, 0.1) is 0 Å². The molecule has 28 heavy (non-hydrogen) atoms. The summed E-state index contributed by atoms with van der Waals surface area (Å²) in [5, 5.41) is 2.24. The molecule has 2 rings (SSSR count). The first-order valence-corrected chi connectivity index (χ1v) is 8.56. The minimum absolute atomic E-state index is 0.157. The van der Waals surface area contributed by atoms with Gasteiger partial charge >= 0.3 is 12.3 Å². The van der Waals surface area contributed by atoms with E-state index in [9.17, 15) is 31.5 Å². The van der Waals surface area contributed by atoms with Gasteiger partial charge in [0.1, 0.15) is 18.2 Å². The Balaban J connectivity index is 2.29. The third-order valence-electron chi connectivity index (χ3n) is 4.05. The molecule has 5 nitrogen and oxygen atoms in total. The van der Waals surface area contributed by atoms with E-state index in [-0.39, 0.29) is 12.0 Å². The SMILES string of the molecule is CC(C)(C)OC(=O)N[C@@H]1CC(c2cccc(F)c2F)CN(CC(F)(F)F)C1=O. The molecule has 10 heteroatoms. The van der Waals surface area contributed by atoms with Gasteiger partial charge in [0.15, 0.2) is 11.6 Å². The summed E-state index contributed by atoms with van der Waals surface area (Å²) in [6.07, 6.45) is -5.86. The number of carbonyl (C=O) groups excluding carboxylic acids is 2. The number of hydrogen-bond donors (Lipinski definition) is 1. The molecule has 1 N–H and O–H groups in total. The second-order valence-corrected chi connectivity index (χ2v) is 7.61. The fraction of sp³-hybridized carbons (Fsp3) is 0.556. The molecule has 1 aromatic rings. The van der Waals surface area contributed by atoms with E-state index in [0.717, 1.165) is 6.07 Å². The Morgan fingerprint density at radius 1 is 1.25 bits per heavy atom. The number of nitrogens with zero attached hydrogens (tertiary/aromatic N) is 1. The van der Waals surface area contributed by atoms with Crippen molar-refractivity contribution >= 4 is 12.0 Å². The zero-order chi connectivity index (χ0) is 21.3. The molecule has 1 heterocycles. The molecule has 1 aliphatic heterocycles. The molecule has 0 saturated carbocycles. The molecule has 2 amide bonds. The molecule has 1 unspecified atom stereocenters. The number of amides is 2. The summed E-state index contributed by atoms with van der Waals surface area (Å²) < 4.78 is 71.3. The summed E-state index contributed by atoms with van der Waals surface area (Å²) in [4.78, 5) is 24.9. The van der Waals surface area contributed by atoms with Gasteiger partial charge in [-0.25, -0.2) is 13.6 Å². The van der Waals surface area contributed by atoms with E-state index < -0.39 is 60.5 Å². The topological polar surface area (TPSA) is 58.6 Å². The van der Waals surface area contributed by atoms with Crippen LogP contribution in [-0.2, 0) is 9.53 Å². The van der Waals surface area contributed by atoms with Crippen LogP contribution >= 0.6 is 0 Å². The third-order valence-corrected chi connectivity index (χ3v) is 4.05. The first-order chi connectivity index (χ1) is 12.8. The molecule has 1 aliphatic rings. The fourth-order valence-corrected chi connectivity index (χ4v) is 3.03. The fourth-order valence-electron chi connectivity index (χ4n) is 3.03. The molecular weight excluding hydrogens is 387 g/mol. The molecule has 0 bridgehead atoms. The van der Waals surface area contributed by atoms with Gasteiger partial charge in [0, 0.05) is 12.5 Å². The number of alkyl halides is 3. The van der Waals surface area contributed by atoms with Crippen LogP contribution in [-0.4, -0.2) is 47.8 Å². The Morgan fingerprint density at radius 3 is 2.46 bits per heavy atom. The lowest BCUT2D eigenvalue weighted by atomic mass is 9.87. The number of carbonyl (C=O) groups is 2. The molecule has 1 aromatic carbocycles. The molecule has 0 aromatic heterocycles. The number of piperidine rings is 1. The molecule has 1 fully saturated rings. The van der Waals surface area contributed by atoms with Gasteiger partial charge in [-0.15, -0.1) is 0 Å². The van der Waals surface area contributed by atoms with Gasteiger partial charge in [-0.3, -0.25) is 4.79 Å². The number of hydrogen-bond acceptors (Lipinski definition) is 3. The molecule has 0 spiro atoms. The van der Waals surface area contributed by atoms with Crippen LogP contribution in [0.2, 0.25) is 0 Å². The number of likely N-dealkylation sites (tertiary alicyclic amines) is 1. The zero-order valence-electron chi connectivity index (χ0n) is 15.6. The van der Waals surface area contributed by atoms with Gasteiger partial charge < -0.3 is 15.0 Å². The highest BCUT2D eigenvalue weighted by Gasteiger charge is 2.42. The number of alkyl carbamates (subject to hydrolysis) is 1. The summed E-state index contributed by atoms with van der Waals surface area (Å²) in [6.45, 7) is 2.72. The van der Waals surface area contributed by atoms with Crippen LogP contribution < -0.4 is 5.32 Å². The minimum Gasteiger partial charge on any atom is -0.444 e. The van der Waals surface area contributed by atoms with E-state index in [1.807, 2.05) is 0 Å². The van der Waals surface area contributed by atoms with Gasteiger partial charge in [-0.05, 0) is 38.8 Å². The van der Waals surface area contributed by atoms with Crippen LogP contribution in [0.25, 0.3) is 0 Å². The maximum Gasteiger partial charge on any atom is 0.408 e. The first kappa shape index (κ1) is 21.9. The number of rotatable bonds is 3. The Morgan fingerprint density at radius 2 is 1.89 bits per heavy atom. The van der Waals surface area contributed by atoms with Crippen LogP contribution in [0, 0.1) is 11.6 Å². The van der Waals surface area contributed by atoms with E-state index in [4.69, 9.17) is 4.74 Å². The Bertz CT molecular complexity index is 746. The lowest BCUT2D eigenvalue weighted by Gasteiger charge is -2.38. The van der Waals surface area contributed by atoms with Crippen molar-refractivity contribution in [2.24, 2.45) is 0 Å². The van der Waals surface area contributed by atoms with Crippen LogP contribution in [0.15, 0.2) is 18.2 Å². The van der Waals surface area contributed by atoms with E-state index in [1.165, 1.54) is 12.1 Å². The highest BCUT2D eigenvalue weighted by molar-refractivity contribution is 5.86. The highest BCUT2D eigenvalue weighted by Crippen LogP contribution is 2.32. The van der Waals surface area contributed by atoms with Crippen molar-refractivity contribution in [2.75, 3.05) is 13.1 Å². The van der Waals surface area contributed by atoms with Crippen molar-refractivity contribution in [3.8, 4) is 0 Å². The van der Waals surface area contributed by atoms with Crippen molar-refractivity contribution in [2.45, 2.75) is 50.9 Å². The quantitative estimate of drug-likeness (QED) is 0.776. The predicted octanol–water partition coefficient (Wildman–Crippen LogP) is 3.74. The smallest absolute Gasteiger partial charge is 0.408 e. The third kappa shape index (κ3) is 5.80. The molecule has 0 radical (unpaired) electrons. The van der Waals surface area contributed by atoms with Gasteiger partial charge in [-0.1, -0.05) is 12.1 Å². The van der Waals surface area contributed by atoms with E-state index in [2.05, 4.69) is 5.32 Å².